The lowest BCUT2D eigenvalue weighted by Crippen LogP contribution is -2.19. The summed E-state index contributed by atoms with van der Waals surface area (Å²) in [6, 6.07) is 10.4. The van der Waals surface area contributed by atoms with Crippen LogP contribution in [0.4, 0.5) is 17.3 Å². The predicted octanol–water partition coefficient (Wildman–Crippen LogP) is 3.39. The average molecular weight is 449 g/mol. The number of ether oxygens (including phenoxy) is 2. The Labute approximate surface area is 189 Å². The molecule has 0 spiro atoms. The molecule has 0 radical (unpaired) electrons. The second-order valence-corrected chi connectivity index (χ2v) is 7.41. The molecule has 11 nitrogen and oxygen atoms in total. The Hall–Kier alpha value is -4.25. The Kier molecular flexibility index (Phi) is 6.31. The summed E-state index contributed by atoms with van der Waals surface area (Å²) in [6.45, 7) is 0.915. The van der Waals surface area contributed by atoms with E-state index in [9.17, 15) is 10.1 Å². The molecule has 0 aliphatic carbocycles. The molecular weight excluding hydrogens is 426 g/mol. The minimum absolute atomic E-state index is 0.130. The van der Waals surface area contributed by atoms with Gasteiger partial charge < -0.3 is 19.7 Å². The maximum atomic E-state index is 11.7. The molecule has 0 atom stereocenters. The highest BCUT2D eigenvalue weighted by Crippen LogP contribution is 2.39. The van der Waals surface area contributed by atoms with Crippen molar-refractivity contribution in [2.45, 2.75) is 0 Å². The number of aromatic nitrogens is 4. The monoisotopic (exact) mass is 449 g/mol. The molecule has 0 unspecified atom stereocenters. The van der Waals surface area contributed by atoms with Crippen LogP contribution in [0.25, 0.3) is 16.8 Å². The summed E-state index contributed by atoms with van der Waals surface area (Å²) in [5.74, 6) is 0.757. The number of nitro groups is 1. The van der Waals surface area contributed by atoms with Crippen LogP contribution in [0.1, 0.15) is 0 Å². The molecule has 1 N–H and O–H groups in total. The van der Waals surface area contributed by atoms with Crippen molar-refractivity contribution in [3.8, 4) is 22.8 Å². The number of rotatable bonds is 9. The van der Waals surface area contributed by atoms with Crippen molar-refractivity contribution in [2.24, 2.45) is 0 Å². The first-order chi connectivity index (χ1) is 16.0. The van der Waals surface area contributed by atoms with Crippen LogP contribution in [-0.4, -0.2) is 63.8 Å². The predicted molar refractivity (Wildman–Crippen MR) is 123 cm³/mol. The van der Waals surface area contributed by atoms with E-state index in [4.69, 9.17) is 9.47 Å². The van der Waals surface area contributed by atoms with Crippen molar-refractivity contribution in [3.05, 3.63) is 65.1 Å². The van der Waals surface area contributed by atoms with Gasteiger partial charge in [0.1, 0.15) is 12.4 Å². The second-order valence-electron chi connectivity index (χ2n) is 7.41. The van der Waals surface area contributed by atoms with Gasteiger partial charge in [0, 0.05) is 36.6 Å². The van der Waals surface area contributed by atoms with Crippen LogP contribution in [-0.2, 0) is 0 Å². The molecular formula is C22H23N7O4. The summed E-state index contributed by atoms with van der Waals surface area (Å²) in [7, 11) is 5.27. The Bertz CT molecular complexity index is 1290. The lowest BCUT2D eigenvalue weighted by Gasteiger charge is -2.15. The van der Waals surface area contributed by atoms with Gasteiger partial charge in [0.15, 0.2) is 0 Å². The Balaban J connectivity index is 1.65. The molecule has 3 aromatic heterocycles. The summed E-state index contributed by atoms with van der Waals surface area (Å²) in [5.41, 5.74) is 2.56. The van der Waals surface area contributed by atoms with Crippen molar-refractivity contribution in [1.29, 1.82) is 0 Å². The quantitative estimate of drug-likeness (QED) is 0.303. The fourth-order valence-corrected chi connectivity index (χ4v) is 3.23. The topological polar surface area (TPSA) is 120 Å². The molecule has 170 valence electrons. The fourth-order valence-electron chi connectivity index (χ4n) is 3.23. The number of fused-ring (bicyclic) bond motifs is 1. The molecule has 0 aliphatic heterocycles. The van der Waals surface area contributed by atoms with Gasteiger partial charge >= 0.3 is 5.69 Å². The van der Waals surface area contributed by atoms with Crippen LogP contribution in [0.5, 0.6) is 11.5 Å². The average Bonchev–Trinajstić information content (AvgIpc) is 3.23. The Morgan fingerprint density at radius 1 is 1.21 bits per heavy atom. The van der Waals surface area contributed by atoms with E-state index >= 15 is 0 Å². The van der Waals surface area contributed by atoms with E-state index in [0.717, 1.165) is 11.1 Å². The van der Waals surface area contributed by atoms with Gasteiger partial charge in [0.2, 0.25) is 11.7 Å². The van der Waals surface area contributed by atoms with Gasteiger partial charge in [-0.1, -0.05) is 6.07 Å². The van der Waals surface area contributed by atoms with Crippen molar-refractivity contribution < 1.29 is 14.4 Å². The van der Waals surface area contributed by atoms with Crippen molar-refractivity contribution in [2.75, 3.05) is 39.7 Å². The minimum Gasteiger partial charge on any atom is -0.494 e. The zero-order chi connectivity index (χ0) is 23.4. The standard InChI is InChI=1S/C22H23N7O4/c1-27(2)10-11-33-21-13-20(32-3)17(12-19(21)29(30)31)26-22-23-8-7-16(25-22)15-14-24-28-9-5-4-6-18(15)28/h4-9,12-14H,10-11H2,1-3H3,(H,23,25,26). The van der Waals surface area contributed by atoms with E-state index in [1.807, 2.05) is 43.4 Å². The first-order valence-electron chi connectivity index (χ1n) is 10.1. The first kappa shape index (κ1) is 22.0. The summed E-state index contributed by atoms with van der Waals surface area (Å²) in [5, 5.41) is 19.0. The number of nitrogens with zero attached hydrogens (tertiary/aromatic N) is 6. The molecule has 11 heteroatoms. The molecule has 4 aromatic rings. The van der Waals surface area contributed by atoms with Crippen LogP contribution in [0.2, 0.25) is 0 Å². The third-order valence-electron chi connectivity index (χ3n) is 4.88. The number of likely N-dealkylation sites (N-methyl/N-ethyl adjacent to an activating group) is 1. The van der Waals surface area contributed by atoms with Crippen molar-refractivity contribution in [3.63, 3.8) is 0 Å². The SMILES string of the molecule is COc1cc(OCCN(C)C)c([N+](=O)[O-])cc1Nc1nccc(-c2cnn3ccccc23)n1. The molecule has 0 amide bonds. The zero-order valence-electron chi connectivity index (χ0n) is 18.4. The van der Waals surface area contributed by atoms with Crippen LogP contribution >= 0.6 is 0 Å². The van der Waals surface area contributed by atoms with Gasteiger partial charge in [0.05, 0.1) is 35.1 Å². The van der Waals surface area contributed by atoms with Crippen molar-refractivity contribution >= 4 is 22.8 Å². The number of pyridine rings is 1. The summed E-state index contributed by atoms with van der Waals surface area (Å²) >= 11 is 0. The highest BCUT2D eigenvalue weighted by Gasteiger charge is 2.21. The third kappa shape index (κ3) is 4.83. The maximum absolute atomic E-state index is 11.7. The number of nitrogens with one attached hydrogen (secondary N) is 1. The number of nitro benzene ring substituents is 1. The maximum Gasteiger partial charge on any atom is 0.313 e. The van der Waals surface area contributed by atoms with Gasteiger partial charge in [-0.3, -0.25) is 10.1 Å². The second kappa shape index (κ2) is 9.49. The van der Waals surface area contributed by atoms with Gasteiger partial charge in [-0.25, -0.2) is 14.5 Å². The van der Waals surface area contributed by atoms with Crippen LogP contribution < -0.4 is 14.8 Å². The van der Waals surface area contributed by atoms with Gasteiger partial charge in [0.25, 0.3) is 0 Å². The van der Waals surface area contributed by atoms with E-state index in [2.05, 4.69) is 20.4 Å². The Morgan fingerprint density at radius 2 is 2.06 bits per heavy atom. The number of benzene rings is 1. The molecule has 4 rings (SSSR count). The fraction of sp³-hybridized carbons (Fsp3) is 0.227. The lowest BCUT2D eigenvalue weighted by molar-refractivity contribution is -0.385. The van der Waals surface area contributed by atoms with Crippen LogP contribution in [0.15, 0.2) is 55.0 Å². The highest BCUT2D eigenvalue weighted by molar-refractivity contribution is 5.78. The molecule has 33 heavy (non-hydrogen) atoms. The van der Waals surface area contributed by atoms with E-state index < -0.39 is 4.92 Å². The summed E-state index contributed by atoms with van der Waals surface area (Å²) < 4.78 is 12.8. The van der Waals surface area contributed by atoms with Crippen LogP contribution in [0, 0.1) is 10.1 Å². The van der Waals surface area contributed by atoms with Gasteiger partial charge in [-0.2, -0.15) is 5.10 Å². The first-order valence-corrected chi connectivity index (χ1v) is 10.1. The smallest absolute Gasteiger partial charge is 0.313 e. The molecule has 0 saturated carbocycles. The number of hydrogen-bond donors (Lipinski definition) is 1. The van der Waals surface area contributed by atoms with E-state index in [-0.39, 0.29) is 17.4 Å². The molecule has 0 fully saturated rings. The molecule has 0 aliphatic rings. The molecule has 0 saturated heterocycles. The molecule has 1 aromatic carbocycles. The summed E-state index contributed by atoms with van der Waals surface area (Å²) in [6.07, 6.45) is 5.19. The highest BCUT2D eigenvalue weighted by atomic mass is 16.6. The number of anilines is 2. The van der Waals surface area contributed by atoms with Gasteiger partial charge in [-0.15, -0.1) is 0 Å². The number of hydrogen-bond acceptors (Lipinski definition) is 9. The van der Waals surface area contributed by atoms with Crippen molar-refractivity contribution in [1.82, 2.24) is 24.5 Å². The third-order valence-corrected chi connectivity index (χ3v) is 4.88. The summed E-state index contributed by atoms with van der Waals surface area (Å²) in [4.78, 5) is 21.9. The zero-order valence-corrected chi connectivity index (χ0v) is 18.4. The molecule has 3 heterocycles. The Morgan fingerprint density at radius 3 is 2.82 bits per heavy atom. The van der Waals surface area contributed by atoms with E-state index in [0.29, 0.717) is 30.3 Å². The largest absolute Gasteiger partial charge is 0.494 e. The van der Waals surface area contributed by atoms with E-state index in [1.54, 1.807) is 23.0 Å². The molecule has 0 bridgehead atoms. The van der Waals surface area contributed by atoms with Gasteiger partial charge in [-0.05, 0) is 32.3 Å². The minimum atomic E-state index is -0.494. The van der Waals surface area contributed by atoms with E-state index in [1.165, 1.54) is 19.2 Å². The number of methoxy groups -OCH3 is 1. The lowest BCUT2D eigenvalue weighted by atomic mass is 10.2. The normalized spacial score (nSPS) is 11.0. The van der Waals surface area contributed by atoms with Crippen LogP contribution in [0.3, 0.4) is 0 Å².